The van der Waals surface area contributed by atoms with Gasteiger partial charge in [-0.05, 0) is 39.0 Å². The second-order valence-electron chi connectivity index (χ2n) is 5.92. The minimum absolute atomic E-state index is 0.147. The van der Waals surface area contributed by atoms with E-state index < -0.39 is 0 Å². The summed E-state index contributed by atoms with van der Waals surface area (Å²) in [6.07, 6.45) is 0. The zero-order valence-electron chi connectivity index (χ0n) is 11.4. The Hall–Kier alpha value is -1.41. The molecule has 0 aliphatic heterocycles. The molecule has 3 rings (SSSR count). The third kappa shape index (κ3) is 2.14. The molecule has 2 heteroatoms. The van der Waals surface area contributed by atoms with Crippen molar-refractivity contribution in [1.82, 2.24) is 4.98 Å². The number of hydrogen-bond donors (Lipinski definition) is 0. The van der Waals surface area contributed by atoms with Gasteiger partial charge in [0.15, 0.2) is 0 Å². The molecule has 0 aliphatic carbocycles. The monoisotopic (exact) mass is 313 g/mol. The van der Waals surface area contributed by atoms with E-state index in [1.165, 1.54) is 16.3 Å². The number of halogens is 1. The largest absolute Gasteiger partial charge is 0.248 e. The van der Waals surface area contributed by atoms with Crippen LogP contribution in [0.2, 0.25) is 0 Å². The molecular formula is C17H16BrN. The molecule has 0 N–H and O–H groups in total. The Balaban J connectivity index is 2.38. The van der Waals surface area contributed by atoms with E-state index >= 15 is 0 Å². The van der Waals surface area contributed by atoms with Crippen molar-refractivity contribution in [1.29, 1.82) is 0 Å². The van der Waals surface area contributed by atoms with Crippen LogP contribution in [-0.4, -0.2) is 4.98 Å². The summed E-state index contributed by atoms with van der Waals surface area (Å²) in [5.74, 6) is 0. The van der Waals surface area contributed by atoms with Crippen molar-refractivity contribution in [3.05, 3.63) is 52.5 Å². The van der Waals surface area contributed by atoms with Gasteiger partial charge in [-0.25, -0.2) is 4.98 Å². The molecule has 19 heavy (non-hydrogen) atoms. The first-order valence-electron chi connectivity index (χ1n) is 6.45. The van der Waals surface area contributed by atoms with Gasteiger partial charge in [0.25, 0.3) is 0 Å². The lowest BCUT2D eigenvalue weighted by Gasteiger charge is -2.19. The fourth-order valence-corrected chi connectivity index (χ4v) is 2.98. The second-order valence-corrected chi connectivity index (χ2v) is 6.72. The first kappa shape index (κ1) is 12.6. The molecule has 0 radical (unpaired) electrons. The topological polar surface area (TPSA) is 12.9 Å². The molecule has 0 atom stereocenters. The molecule has 2 aromatic carbocycles. The number of fused-ring (bicyclic) bond motifs is 2. The maximum atomic E-state index is 4.78. The van der Waals surface area contributed by atoms with Crippen LogP contribution in [0.1, 0.15) is 26.3 Å². The van der Waals surface area contributed by atoms with Crippen LogP contribution in [0.5, 0.6) is 0 Å². The third-order valence-electron chi connectivity index (χ3n) is 3.48. The average Bonchev–Trinajstić information content (AvgIpc) is 2.37. The molecule has 1 heterocycles. The van der Waals surface area contributed by atoms with E-state index in [4.69, 9.17) is 4.98 Å². The summed E-state index contributed by atoms with van der Waals surface area (Å²) in [5.41, 5.74) is 3.55. The Labute approximate surface area is 121 Å². The van der Waals surface area contributed by atoms with E-state index in [0.717, 1.165) is 15.5 Å². The van der Waals surface area contributed by atoms with Crippen molar-refractivity contribution in [2.24, 2.45) is 0 Å². The van der Waals surface area contributed by atoms with Gasteiger partial charge in [-0.2, -0.15) is 0 Å². The van der Waals surface area contributed by atoms with Gasteiger partial charge >= 0.3 is 0 Å². The van der Waals surface area contributed by atoms with Gasteiger partial charge in [-0.1, -0.05) is 51.1 Å². The molecule has 0 unspecified atom stereocenters. The molecule has 0 amide bonds. The first-order chi connectivity index (χ1) is 8.97. The number of benzene rings is 2. The summed E-state index contributed by atoms with van der Waals surface area (Å²) in [7, 11) is 0. The second kappa shape index (κ2) is 4.31. The molecule has 0 saturated carbocycles. The smallest absolute Gasteiger partial charge is 0.0724 e. The molecule has 3 aromatic rings. The molecule has 96 valence electrons. The van der Waals surface area contributed by atoms with Crippen molar-refractivity contribution >= 4 is 37.7 Å². The van der Waals surface area contributed by atoms with Gasteiger partial charge in [-0.3, -0.25) is 0 Å². The first-order valence-corrected chi connectivity index (χ1v) is 7.24. The van der Waals surface area contributed by atoms with Crippen LogP contribution in [0, 0.1) is 0 Å². The molecule has 0 spiro atoms. The van der Waals surface area contributed by atoms with Crippen molar-refractivity contribution in [3.63, 3.8) is 0 Å². The predicted octanol–water partition coefficient (Wildman–Crippen LogP) is 5.45. The highest BCUT2D eigenvalue weighted by molar-refractivity contribution is 9.10. The Kier molecular flexibility index (Phi) is 2.86. The van der Waals surface area contributed by atoms with E-state index in [9.17, 15) is 0 Å². The van der Waals surface area contributed by atoms with Gasteiger partial charge in [0.2, 0.25) is 0 Å². The van der Waals surface area contributed by atoms with E-state index in [0.29, 0.717) is 0 Å². The zero-order chi connectivity index (χ0) is 13.6. The zero-order valence-corrected chi connectivity index (χ0v) is 13.0. The minimum Gasteiger partial charge on any atom is -0.248 e. The normalized spacial score (nSPS) is 12.2. The Morgan fingerprint density at radius 1 is 0.895 bits per heavy atom. The number of nitrogens with zero attached hydrogens (tertiary/aromatic N) is 1. The van der Waals surface area contributed by atoms with Gasteiger partial charge in [0.1, 0.15) is 0 Å². The molecule has 1 nitrogen and oxygen atoms in total. The van der Waals surface area contributed by atoms with Gasteiger partial charge in [0.05, 0.1) is 11.0 Å². The fraction of sp³-hybridized carbons (Fsp3) is 0.235. The van der Waals surface area contributed by atoms with E-state index in [1.807, 2.05) is 12.1 Å². The van der Waals surface area contributed by atoms with Gasteiger partial charge < -0.3 is 0 Å². The summed E-state index contributed by atoms with van der Waals surface area (Å²) in [4.78, 5) is 4.78. The summed E-state index contributed by atoms with van der Waals surface area (Å²) in [5, 5.41) is 2.34. The van der Waals surface area contributed by atoms with Crippen LogP contribution in [0.3, 0.4) is 0 Å². The molecule has 0 bridgehead atoms. The van der Waals surface area contributed by atoms with Crippen LogP contribution in [0.15, 0.2) is 46.9 Å². The summed E-state index contributed by atoms with van der Waals surface area (Å²) in [6, 6.07) is 14.8. The molecule has 0 saturated heterocycles. The summed E-state index contributed by atoms with van der Waals surface area (Å²) < 4.78 is 1.13. The number of para-hydroxylation sites is 1. The van der Waals surface area contributed by atoms with E-state index in [-0.39, 0.29) is 5.41 Å². The Morgan fingerprint density at radius 3 is 2.32 bits per heavy atom. The minimum atomic E-state index is 0.147. The van der Waals surface area contributed by atoms with Crippen molar-refractivity contribution in [2.45, 2.75) is 26.2 Å². The lowest BCUT2D eigenvalue weighted by atomic mass is 9.86. The number of aromatic nitrogens is 1. The number of pyridine rings is 1. The molecule has 1 aromatic heterocycles. The lowest BCUT2D eigenvalue weighted by Crippen LogP contribution is -2.10. The van der Waals surface area contributed by atoms with Crippen LogP contribution in [0.4, 0.5) is 0 Å². The fourth-order valence-electron chi connectivity index (χ4n) is 2.31. The number of hydrogen-bond acceptors (Lipinski definition) is 1. The number of rotatable bonds is 0. The van der Waals surface area contributed by atoms with Crippen LogP contribution in [-0.2, 0) is 5.41 Å². The SMILES string of the molecule is CC(C)(C)c1ccc2c(Br)c3ccccc3nc2c1. The Bertz CT molecular complexity index is 769. The molecular weight excluding hydrogens is 298 g/mol. The highest BCUT2D eigenvalue weighted by Gasteiger charge is 2.15. The van der Waals surface area contributed by atoms with Crippen molar-refractivity contribution < 1.29 is 0 Å². The maximum Gasteiger partial charge on any atom is 0.0724 e. The molecule has 0 fully saturated rings. The van der Waals surface area contributed by atoms with Gasteiger partial charge in [-0.15, -0.1) is 0 Å². The van der Waals surface area contributed by atoms with Crippen LogP contribution < -0.4 is 0 Å². The predicted molar refractivity (Wildman–Crippen MR) is 85.6 cm³/mol. The van der Waals surface area contributed by atoms with Crippen LogP contribution in [0.25, 0.3) is 21.8 Å². The highest BCUT2D eigenvalue weighted by Crippen LogP contribution is 2.33. The maximum absolute atomic E-state index is 4.78. The average molecular weight is 314 g/mol. The third-order valence-corrected chi connectivity index (χ3v) is 4.34. The van der Waals surface area contributed by atoms with Crippen LogP contribution >= 0.6 is 15.9 Å². The van der Waals surface area contributed by atoms with E-state index in [1.54, 1.807) is 0 Å². The van der Waals surface area contributed by atoms with Crippen molar-refractivity contribution in [3.8, 4) is 0 Å². The highest BCUT2D eigenvalue weighted by atomic mass is 79.9. The van der Waals surface area contributed by atoms with Crippen molar-refractivity contribution in [2.75, 3.05) is 0 Å². The summed E-state index contributed by atoms with van der Waals surface area (Å²) in [6.45, 7) is 6.68. The summed E-state index contributed by atoms with van der Waals surface area (Å²) >= 11 is 3.72. The van der Waals surface area contributed by atoms with Gasteiger partial charge in [0, 0.05) is 15.2 Å². The Morgan fingerprint density at radius 2 is 1.58 bits per heavy atom. The molecule has 0 aliphatic rings. The quantitative estimate of drug-likeness (QED) is 0.503. The lowest BCUT2D eigenvalue weighted by molar-refractivity contribution is 0.591. The standard InChI is InChI=1S/C17H16BrN/c1-17(2,3)11-8-9-13-15(10-11)19-14-7-5-4-6-12(14)16(13)18/h4-10H,1-3H3. The van der Waals surface area contributed by atoms with E-state index in [2.05, 4.69) is 67.0 Å².